The molecular weight excluding hydrogens is 477 g/mol. The number of hydrogen-bond donors (Lipinski definition) is 2. The summed E-state index contributed by atoms with van der Waals surface area (Å²) in [5.74, 6) is 0.608. The lowest BCUT2D eigenvalue weighted by Gasteiger charge is -2.20. The predicted molar refractivity (Wildman–Crippen MR) is 146 cm³/mol. The second-order valence-electron chi connectivity index (χ2n) is 9.91. The molecule has 3 atom stereocenters. The lowest BCUT2D eigenvalue weighted by atomic mass is 9.95. The fraction of sp³-hybridized carbons (Fsp3) is 0.750. The van der Waals surface area contributed by atoms with E-state index in [-0.39, 0.29) is 24.7 Å². The predicted octanol–water partition coefficient (Wildman–Crippen LogP) is 7.00. The van der Waals surface area contributed by atoms with Gasteiger partial charge >= 0.3 is 7.82 Å². The van der Waals surface area contributed by atoms with Gasteiger partial charge in [0, 0.05) is 6.42 Å². The first kappa shape index (κ1) is 32.8. The van der Waals surface area contributed by atoms with Crippen LogP contribution in [0.1, 0.15) is 103 Å². The highest BCUT2D eigenvalue weighted by Crippen LogP contribution is 2.45. The number of unbranched alkanes of at least 4 members (excludes halogenated alkanes) is 9. The Bertz CT molecular complexity index is 742. The number of phosphoric ester groups is 1. The average molecular weight is 528 g/mol. The van der Waals surface area contributed by atoms with Gasteiger partial charge in [-0.05, 0) is 63.3 Å². The minimum Gasteiger partial charge on any atom is -0.494 e. The molecule has 0 radical (unpaired) electrons. The average Bonchev–Trinajstić information content (AvgIpc) is 2.81. The lowest BCUT2D eigenvalue weighted by molar-refractivity contribution is -0.118. The van der Waals surface area contributed by atoms with Crippen LogP contribution < -0.4 is 10.5 Å². The fourth-order valence-electron chi connectivity index (χ4n) is 4.18. The van der Waals surface area contributed by atoms with Crippen molar-refractivity contribution in [2.24, 2.45) is 11.7 Å². The number of Topliss-reactive ketones (excluding diaryl/α,β-unsaturated/α-hetero) is 1. The Labute approximate surface area is 219 Å². The number of benzene rings is 1. The number of carbonyl (C=O) groups excluding carboxylic acids is 1. The molecule has 1 aromatic carbocycles. The Morgan fingerprint density at radius 1 is 1.00 bits per heavy atom. The fourth-order valence-corrected chi connectivity index (χ4v) is 5.20. The van der Waals surface area contributed by atoms with Gasteiger partial charge in [0.15, 0.2) is 0 Å². The highest BCUT2D eigenvalue weighted by atomic mass is 31.2. The van der Waals surface area contributed by atoms with Crippen molar-refractivity contribution in [1.29, 1.82) is 0 Å². The van der Waals surface area contributed by atoms with Gasteiger partial charge in [-0.2, -0.15) is 0 Å². The summed E-state index contributed by atoms with van der Waals surface area (Å²) in [5, 5.41) is 0. The van der Waals surface area contributed by atoms with Crippen LogP contribution in [0.3, 0.4) is 0 Å². The van der Waals surface area contributed by atoms with Crippen molar-refractivity contribution >= 4 is 13.6 Å². The summed E-state index contributed by atoms with van der Waals surface area (Å²) in [6, 6.07) is 7.82. The highest BCUT2D eigenvalue weighted by molar-refractivity contribution is 7.47. The quantitative estimate of drug-likeness (QED) is 0.117. The van der Waals surface area contributed by atoms with E-state index >= 15 is 0 Å². The summed E-state index contributed by atoms with van der Waals surface area (Å²) in [7, 11) is -4.21. The number of ether oxygens (including phenoxy) is 1. The van der Waals surface area contributed by atoms with Crippen LogP contribution in [0.15, 0.2) is 24.3 Å². The molecule has 0 aromatic heterocycles. The van der Waals surface area contributed by atoms with Crippen LogP contribution >= 0.6 is 7.82 Å². The zero-order chi connectivity index (χ0) is 26.7. The molecule has 0 saturated carbocycles. The summed E-state index contributed by atoms with van der Waals surface area (Å²) in [5.41, 5.74) is 6.47. The van der Waals surface area contributed by atoms with Gasteiger partial charge in [0.05, 0.1) is 19.3 Å². The lowest BCUT2D eigenvalue weighted by Crippen LogP contribution is -2.18. The van der Waals surface area contributed by atoms with Gasteiger partial charge in [0.25, 0.3) is 0 Å². The second-order valence-corrected chi connectivity index (χ2v) is 11.3. The smallest absolute Gasteiger partial charge is 0.472 e. The second kappa shape index (κ2) is 19.8. The number of nitrogens with two attached hydrogens (primary N) is 1. The molecular formula is C28H50NO6P. The van der Waals surface area contributed by atoms with E-state index in [0.29, 0.717) is 26.0 Å². The molecule has 0 spiro atoms. The zero-order valence-corrected chi connectivity index (χ0v) is 23.7. The van der Waals surface area contributed by atoms with Crippen molar-refractivity contribution in [3.8, 4) is 5.75 Å². The minimum atomic E-state index is -4.21. The zero-order valence-electron chi connectivity index (χ0n) is 22.8. The molecule has 208 valence electrons. The van der Waals surface area contributed by atoms with Crippen molar-refractivity contribution in [2.45, 2.75) is 110 Å². The summed E-state index contributed by atoms with van der Waals surface area (Å²) in [6.45, 7) is 6.46. The van der Waals surface area contributed by atoms with Crippen LogP contribution in [0, 0.1) is 5.92 Å². The van der Waals surface area contributed by atoms with Crippen molar-refractivity contribution < 1.29 is 28.0 Å². The van der Waals surface area contributed by atoms with E-state index in [0.717, 1.165) is 17.7 Å². The van der Waals surface area contributed by atoms with Crippen LogP contribution in [0.25, 0.3) is 0 Å². The molecule has 0 fully saturated rings. The largest absolute Gasteiger partial charge is 0.494 e. The molecule has 7 nitrogen and oxygen atoms in total. The van der Waals surface area contributed by atoms with Crippen LogP contribution in [-0.2, 0) is 24.8 Å². The van der Waals surface area contributed by atoms with E-state index in [1.165, 1.54) is 64.7 Å². The third-order valence-electron chi connectivity index (χ3n) is 6.15. The minimum absolute atomic E-state index is 0.00485. The number of rotatable bonds is 23. The van der Waals surface area contributed by atoms with Crippen molar-refractivity contribution in [3.05, 3.63) is 29.8 Å². The molecule has 36 heavy (non-hydrogen) atoms. The third-order valence-corrected chi connectivity index (χ3v) is 7.25. The number of carbonyl (C=O) groups is 1. The molecule has 3 unspecified atom stereocenters. The van der Waals surface area contributed by atoms with E-state index in [2.05, 4.69) is 6.92 Å². The molecule has 8 heteroatoms. The summed E-state index contributed by atoms with van der Waals surface area (Å²) < 4.78 is 28.4. The Morgan fingerprint density at radius 2 is 1.58 bits per heavy atom. The van der Waals surface area contributed by atoms with E-state index in [1.54, 1.807) is 6.92 Å². The van der Waals surface area contributed by atoms with Gasteiger partial charge in [-0.15, -0.1) is 0 Å². The molecule has 0 amide bonds. The number of ketones is 1. The molecule has 0 bridgehead atoms. The molecule has 1 rings (SSSR count). The highest BCUT2D eigenvalue weighted by Gasteiger charge is 2.26. The Hall–Kier alpha value is -1.24. The monoisotopic (exact) mass is 527 g/mol. The molecule has 0 heterocycles. The van der Waals surface area contributed by atoms with Gasteiger partial charge in [-0.1, -0.05) is 76.8 Å². The molecule has 0 aliphatic heterocycles. The first-order valence-electron chi connectivity index (χ1n) is 13.8. The van der Waals surface area contributed by atoms with Crippen LogP contribution in [0.5, 0.6) is 5.75 Å². The van der Waals surface area contributed by atoms with Crippen molar-refractivity contribution in [1.82, 2.24) is 0 Å². The summed E-state index contributed by atoms with van der Waals surface area (Å²) >= 11 is 0. The van der Waals surface area contributed by atoms with E-state index < -0.39 is 13.9 Å². The van der Waals surface area contributed by atoms with Gasteiger partial charge in [0.2, 0.25) is 0 Å². The van der Waals surface area contributed by atoms with Crippen LogP contribution in [-0.4, -0.2) is 36.5 Å². The maximum absolute atomic E-state index is 12.2. The topological polar surface area (TPSA) is 108 Å². The number of phosphoric acid groups is 1. The summed E-state index contributed by atoms with van der Waals surface area (Å²) in [4.78, 5) is 21.7. The van der Waals surface area contributed by atoms with Gasteiger partial charge in [-0.25, -0.2) is 4.57 Å². The van der Waals surface area contributed by atoms with Crippen molar-refractivity contribution in [3.63, 3.8) is 0 Å². The molecule has 0 aliphatic rings. The maximum atomic E-state index is 12.2. The van der Waals surface area contributed by atoms with Gasteiger partial charge in [-0.3, -0.25) is 9.05 Å². The molecule has 0 aliphatic carbocycles. The summed E-state index contributed by atoms with van der Waals surface area (Å²) in [6.07, 6.45) is 13.8. The molecule has 1 aromatic rings. The number of hydrogen-bond acceptors (Lipinski definition) is 6. The Kier molecular flexibility index (Phi) is 18.0. The first-order chi connectivity index (χ1) is 17.3. The Balaban J connectivity index is 2.35. The molecule has 3 N–H and O–H groups in total. The Morgan fingerprint density at radius 3 is 2.14 bits per heavy atom. The van der Waals surface area contributed by atoms with Crippen LogP contribution in [0.2, 0.25) is 0 Å². The molecule has 0 saturated heterocycles. The standard InChI is InChI=1S/C28H50NO6P/c1-4-5-6-7-8-9-10-11-12-13-20-33-28-16-14-26(15-17-28)22-27(21-24(2)30)23-34-36(31,32)35-25(3)18-19-29/h14-17,25,27H,4-13,18-23,29H2,1-3H3,(H,31,32). The van der Waals surface area contributed by atoms with E-state index in [4.69, 9.17) is 19.5 Å². The SMILES string of the molecule is CCCCCCCCCCCCOc1ccc(CC(COP(=O)(O)OC(C)CCN)CC(C)=O)cc1. The van der Waals surface area contributed by atoms with Gasteiger partial charge in [0.1, 0.15) is 11.5 Å². The van der Waals surface area contributed by atoms with Gasteiger partial charge < -0.3 is 20.2 Å². The third kappa shape index (κ3) is 17.3. The normalized spacial score (nSPS) is 14.8. The van der Waals surface area contributed by atoms with E-state index in [9.17, 15) is 14.3 Å². The van der Waals surface area contributed by atoms with Crippen LogP contribution in [0.4, 0.5) is 0 Å². The first-order valence-corrected chi connectivity index (χ1v) is 15.3. The van der Waals surface area contributed by atoms with E-state index in [1.807, 2.05) is 24.3 Å². The van der Waals surface area contributed by atoms with Crippen molar-refractivity contribution in [2.75, 3.05) is 19.8 Å². The maximum Gasteiger partial charge on any atom is 0.472 e.